The van der Waals surface area contributed by atoms with Gasteiger partial charge in [-0.3, -0.25) is 4.79 Å². The van der Waals surface area contributed by atoms with Crippen molar-refractivity contribution in [1.82, 2.24) is 5.32 Å². The number of halogens is 3. The summed E-state index contributed by atoms with van der Waals surface area (Å²) >= 11 is 0. The van der Waals surface area contributed by atoms with Gasteiger partial charge in [0.2, 0.25) is 0 Å². The SMILES string of the molecule is CCCCC(NC(C)Cc1cccc(C(F)(F)F)c1)C(=O)O. The van der Waals surface area contributed by atoms with E-state index >= 15 is 0 Å². The number of carboxylic acid groups (broad SMARTS) is 1. The van der Waals surface area contributed by atoms with Gasteiger partial charge in [-0.15, -0.1) is 0 Å². The van der Waals surface area contributed by atoms with E-state index in [4.69, 9.17) is 5.11 Å². The number of nitrogens with one attached hydrogen (secondary N) is 1. The Kier molecular flexibility index (Phi) is 6.87. The fourth-order valence-corrected chi connectivity index (χ4v) is 2.32. The lowest BCUT2D eigenvalue weighted by atomic mass is 10.0. The molecule has 2 atom stereocenters. The number of rotatable bonds is 8. The summed E-state index contributed by atoms with van der Waals surface area (Å²) in [5.74, 6) is -0.927. The average molecular weight is 317 g/mol. The van der Waals surface area contributed by atoms with Gasteiger partial charge in [0.05, 0.1) is 5.56 Å². The molecule has 0 aliphatic heterocycles. The van der Waals surface area contributed by atoms with Gasteiger partial charge in [-0.05, 0) is 31.4 Å². The maximum atomic E-state index is 12.7. The zero-order chi connectivity index (χ0) is 16.8. The van der Waals surface area contributed by atoms with Crippen LogP contribution in [0.1, 0.15) is 44.2 Å². The molecule has 0 fully saturated rings. The van der Waals surface area contributed by atoms with E-state index in [1.165, 1.54) is 6.07 Å². The van der Waals surface area contributed by atoms with Crippen molar-refractivity contribution in [2.75, 3.05) is 0 Å². The van der Waals surface area contributed by atoms with Crippen LogP contribution in [0.3, 0.4) is 0 Å². The Balaban J connectivity index is 2.67. The first-order valence-electron chi connectivity index (χ1n) is 7.39. The lowest BCUT2D eigenvalue weighted by Crippen LogP contribution is -2.43. The van der Waals surface area contributed by atoms with Gasteiger partial charge in [0.25, 0.3) is 0 Å². The van der Waals surface area contributed by atoms with E-state index in [1.54, 1.807) is 13.0 Å². The number of alkyl halides is 3. The van der Waals surface area contributed by atoms with Crippen molar-refractivity contribution in [2.45, 2.75) is 57.8 Å². The molecule has 1 aromatic rings. The number of unbranched alkanes of at least 4 members (excludes halogenated alkanes) is 1. The summed E-state index contributed by atoms with van der Waals surface area (Å²) in [5, 5.41) is 12.1. The largest absolute Gasteiger partial charge is 0.480 e. The summed E-state index contributed by atoms with van der Waals surface area (Å²) in [6.07, 6.45) is -1.82. The second-order valence-corrected chi connectivity index (χ2v) is 5.50. The molecule has 6 heteroatoms. The normalized spacial score (nSPS) is 14.6. The van der Waals surface area contributed by atoms with E-state index in [1.807, 2.05) is 6.92 Å². The van der Waals surface area contributed by atoms with E-state index in [-0.39, 0.29) is 6.04 Å². The van der Waals surface area contributed by atoms with E-state index in [9.17, 15) is 18.0 Å². The van der Waals surface area contributed by atoms with E-state index < -0.39 is 23.8 Å². The van der Waals surface area contributed by atoms with Gasteiger partial charge in [-0.2, -0.15) is 13.2 Å². The fraction of sp³-hybridized carbons (Fsp3) is 0.562. The Morgan fingerprint density at radius 1 is 1.36 bits per heavy atom. The van der Waals surface area contributed by atoms with Crippen LogP contribution in [-0.2, 0) is 17.4 Å². The highest BCUT2D eigenvalue weighted by Crippen LogP contribution is 2.29. The quantitative estimate of drug-likeness (QED) is 0.765. The smallest absolute Gasteiger partial charge is 0.416 e. The van der Waals surface area contributed by atoms with Gasteiger partial charge < -0.3 is 10.4 Å². The van der Waals surface area contributed by atoms with Gasteiger partial charge >= 0.3 is 12.1 Å². The fourth-order valence-electron chi connectivity index (χ4n) is 2.32. The zero-order valence-electron chi connectivity index (χ0n) is 12.8. The van der Waals surface area contributed by atoms with E-state index in [0.29, 0.717) is 18.4 Å². The molecule has 2 N–H and O–H groups in total. The molecule has 0 amide bonds. The second-order valence-electron chi connectivity index (χ2n) is 5.50. The number of aliphatic carboxylic acids is 1. The number of hydrogen-bond acceptors (Lipinski definition) is 2. The van der Waals surface area contributed by atoms with Crippen molar-refractivity contribution in [1.29, 1.82) is 0 Å². The van der Waals surface area contributed by atoms with Crippen LogP contribution < -0.4 is 5.32 Å². The molecule has 0 aromatic heterocycles. The van der Waals surface area contributed by atoms with Crippen molar-refractivity contribution in [3.63, 3.8) is 0 Å². The van der Waals surface area contributed by atoms with Crippen LogP contribution in [0.4, 0.5) is 13.2 Å². The number of carboxylic acids is 1. The Morgan fingerprint density at radius 3 is 2.59 bits per heavy atom. The first-order valence-corrected chi connectivity index (χ1v) is 7.39. The predicted molar refractivity (Wildman–Crippen MR) is 78.7 cm³/mol. The molecular formula is C16H22F3NO2. The molecule has 0 saturated carbocycles. The maximum absolute atomic E-state index is 12.7. The predicted octanol–water partition coefficient (Wildman–Crippen LogP) is 3.87. The summed E-state index contributed by atoms with van der Waals surface area (Å²) in [5.41, 5.74) is -0.146. The molecular weight excluding hydrogens is 295 g/mol. The minimum atomic E-state index is -4.36. The van der Waals surface area contributed by atoms with Crippen LogP contribution in [0.15, 0.2) is 24.3 Å². The minimum absolute atomic E-state index is 0.221. The summed E-state index contributed by atoms with van der Waals surface area (Å²) in [6, 6.07) is 4.25. The monoisotopic (exact) mass is 317 g/mol. The standard InChI is InChI=1S/C16H22F3NO2/c1-3-4-8-14(15(21)22)20-11(2)9-12-6-5-7-13(10-12)16(17,18)19/h5-7,10-11,14,20H,3-4,8-9H2,1-2H3,(H,21,22). The van der Waals surface area contributed by atoms with Gasteiger partial charge in [-0.25, -0.2) is 0 Å². The molecule has 0 radical (unpaired) electrons. The van der Waals surface area contributed by atoms with E-state index in [0.717, 1.165) is 25.0 Å². The average Bonchev–Trinajstić information content (AvgIpc) is 2.42. The van der Waals surface area contributed by atoms with Crippen molar-refractivity contribution in [2.24, 2.45) is 0 Å². The third-order valence-corrected chi connectivity index (χ3v) is 3.43. The number of benzene rings is 1. The number of carbonyl (C=O) groups is 1. The summed E-state index contributed by atoms with van der Waals surface area (Å²) in [6.45, 7) is 3.76. The van der Waals surface area contributed by atoms with Crippen LogP contribution in [0, 0.1) is 0 Å². The summed E-state index contributed by atoms with van der Waals surface area (Å²) < 4.78 is 38.0. The van der Waals surface area contributed by atoms with Crippen LogP contribution >= 0.6 is 0 Å². The topological polar surface area (TPSA) is 49.3 Å². The second kappa shape index (κ2) is 8.17. The summed E-state index contributed by atoms with van der Waals surface area (Å²) in [4.78, 5) is 11.2. The molecule has 3 nitrogen and oxygen atoms in total. The molecule has 1 rings (SSSR count). The third-order valence-electron chi connectivity index (χ3n) is 3.43. The molecule has 2 unspecified atom stereocenters. The highest BCUT2D eigenvalue weighted by Gasteiger charge is 2.30. The minimum Gasteiger partial charge on any atom is -0.480 e. The first kappa shape index (κ1) is 18.5. The Bertz CT molecular complexity index is 489. The highest BCUT2D eigenvalue weighted by molar-refractivity contribution is 5.73. The molecule has 22 heavy (non-hydrogen) atoms. The van der Waals surface area contributed by atoms with Crippen LogP contribution in [0.5, 0.6) is 0 Å². The molecule has 0 heterocycles. The maximum Gasteiger partial charge on any atom is 0.416 e. The van der Waals surface area contributed by atoms with Gasteiger partial charge in [-0.1, -0.05) is 38.0 Å². The highest BCUT2D eigenvalue weighted by atomic mass is 19.4. The first-order chi connectivity index (χ1) is 10.2. The molecule has 0 spiro atoms. The van der Waals surface area contributed by atoms with E-state index in [2.05, 4.69) is 5.32 Å². The van der Waals surface area contributed by atoms with Crippen molar-refractivity contribution in [3.05, 3.63) is 35.4 Å². The molecule has 0 saturated heterocycles. The molecule has 0 aliphatic rings. The van der Waals surface area contributed by atoms with Crippen LogP contribution in [0.2, 0.25) is 0 Å². The van der Waals surface area contributed by atoms with Crippen molar-refractivity contribution in [3.8, 4) is 0 Å². The summed E-state index contributed by atoms with van der Waals surface area (Å²) in [7, 11) is 0. The third kappa shape index (κ3) is 6.05. The molecule has 124 valence electrons. The molecule has 1 aromatic carbocycles. The Labute approximate surface area is 128 Å². The number of hydrogen-bond donors (Lipinski definition) is 2. The van der Waals surface area contributed by atoms with Crippen LogP contribution in [0.25, 0.3) is 0 Å². The van der Waals surface area contributed by atoms with Crippen molar-refractivity contribution < 1.29 is 23.1 Å². The zero-order valence-corrected chi connectivity index (χ0v) is 12.8. The lowest BCUT2D eigenvalue weighted by Gasteiger charge is -2.20. The van der Waals surface area contributed by atoms with Crippen LogP contribution in [-0.4, -0.2) is 23.2 Å². The Hall–Kier alpha value is -1.56. The molecule has 0 aliphatic carbocycles. The van der Waals surface area contributed by atoms with Gasteiger partial charge in [0, 0.05) is 6.04 Å². The molecule has 0 bridgehead atoms. The lowest BCUT2D eigenvalue weighted by molar-refractivity contribution is -0.140. The van der Waals surface area contributed by atoms with Gasteiger partial charge in [0.15, 0.2) is 0 Å². The Morgan fingerprint density at radius 2 is 2.05 bits per heavy atom. The van der Waals surface area contributed by atoms with Gasteiger partial charge in [0.1, 0.15) is 6.04 Å². The van der Waals surface area contributed by atoms with Crippen molar-refractivity contribution >= 4 is 5.97 Å².